The SMILES string of the molecule is CC/C(CC1CCCC1(C)C)=N\OC(=O)C12CC3CC(CC(C3)C1)C2. The molecule has 25 heavy (non-hydrogen) atoms. The van der Waals surface area contributed by atoms with Crippen LogP contribution in [-0.2, 0) is 9.63 Å². The Hall–Kier alpha value is -0.860. The first kappa shape index (κ1) is 17.5. The molecular weight excluding hydrogens is 310 g/mol. The predicted molar refractivity (Wildman–Crippen MR) is 100 cm³/mol. The fourth-order valence-electron chi connectivity index (χ4n) is 6.87. The molecule has 0 saturated heterocycles. The number of oxime groups is 1. The molecule has 1 unspecified atom stereocenters. The van der Waals surface area contributed by atoms with Crippen molar-refractivity contribution < 1.29 is 9.63 Å². The van der Waals surface area contributed by atoms with Crippen LogP contribution in [0, 0.1) is 34.5 Å². The zero-order chi connectivity index (χ0) is 17.7. The molecule has 0 aromatic heterocycles. The van der Waals surface area contributed by atoms with Gasteiger partial charge < -0.3 is 4.84 Å². The van der Waals surface area contributed by atoms with Crippen LogP contribution in [0.15, 0.2) is 5.16 Å². The van der Waals surface area contributed by atoms with E-state index in [1.807, 2.05) is 0 Å². The van der Waals surface area contributed by atoms with Crippen molar-refractivity contribution in [2.24, 2.45) is 39.7 Å². The van der Waals surface area contributed by atoms with Gasteiger partial charge in [0.1, 0.15) is 0 Å². The molecule has 3 nitrogen and oxygen atoms in total. The minimum Gasteiger partial charge on any atom is -0.318 e. The fourth-order valence-corrected chi connectivity index (χ4v) is 6.87. The first-order valence-electron chi connectivity index (χ1n) is 10.7. The van der Waals surface area contributed by atoms with E-state index in [1.165, 1.54) is 38.5 Å². The van der Waals surface area contributed by atoms with E-state index in [0.29, 0.717) is 11.3 Å². The van der Waals surface area contributed by atoms with Crippen LogP contribution in [-0.4, -0.2) is 11.7 Å². The van der Waals surface area contributed by atoms with Crippen molar-refractivity contribution in [1.29, 1.82) is 0 Å². The van der Waals surface area contributed by atoms with Gasteiger partial charge in [-0.2, -0.15) is 0 Å². The maximum absolute atomic E-state index is 13.0. The van der Waals surface area contributed by atoms with Gasteiger partial charge in [0.05, 0.1) is 11.1 Å². The Bertz CT molecular complexity index is 527. The fraction of sp³-hybridized carbons (Fsp3) is 0.909. The largest absolute Gasteiger partial charge is 0.341 e. The van der Waals surface area contributed by atoms with E-state index in [9.17, 15) is 4.79 Å². The summed E-state index contributed by atoms with van der Waals surface area (Å²) in [6.45, 7) is 6.89. The molecule has 0 amide bonds. The summed E-state index contributed by atoms with van der Waals surface area (Å²) in [7, 11) is 0. The van der Waals surface area contributed by atoms with Gasteiger partial charge in [0, 0.05) is 0 Å². The van der Waals surface area contributed by atoms with Crippen molar-refractivity contribution in [3.8, 4) is 0 Å². The van der Waals surface area contributed by atoms with Crippen LogP contribution in [0.5, 0.6) is 0 Å². The Morgan fingerprint density at radius 3 is 2.16 bits per heavy atom. The highest BCUT2D eigenvalue weighted by Crippen LogP contribution is 2.60. The van der Waals surface area contributed by atoms with Crippen molar-refractivity contribution in [2.75, 3.05) is 0 Å². The zero-order valence-electron chi connectivity index (χ0n) is 16.4. The number of carbonyl (C=O) groups excluding carboxylic acids is 1. The Balaban J connectivity index is 1.41. The van der Waals surface area contributed by atoms with Crippen LogP contribution in [0.2, 0.25) is 0 Å². The van der Waals surface area contributed by atoms with E-state index in [0.717, 1.165) is 55.6 Å². The third-order valence-corrected chi connectivity index (χ3v) is 8.10. The third-order valence-electron chi connectivity index (χ3n) is 8.10. The summed E-state index contributed by atoms with van der Waals surface area (Å²) < 4.78 is 0. The standard InChI is InChI=1S/C22H35NO2/c1-4-19(11-18-6-5-7-21(18,2)3)23-25-20(24)22-12-15-8-16(13-22)10-17(9-15)14-22/h15-18H,4-14H2,1-3H3/b23-19+. The molecule has 0 aromatic carbocycles. The zero-order valence-corrected chi connectivity index (χ0v) is 16.4. The van der Waals surface area contributed by atoms with Crippen LogP contribution >= 0.6 is 0 Å². The molecule has 140 valence electrons. The van der Waals surface area contributed by atoms with Crippen molar-refractivity contribution in [1.82, 2.24) is 0 Å². The number of hydrogen-bond donors (Lipinski definition) is 0. The number of hydrogen-bond acceptors (Lipinski definition) is 3. The first-order valence-corrected chi connectivity index (χ1v) is 10.7. The lowest BCUT2D eigenvalue weighted by atomic mass is 9.49. The van der Waals surface area contributed by atoms with E-state index in [2.05, 4.69) is 25.9 Å². The summed E-state index contributed by atoms with van der Waals surface area (Å²) in [5.41, 5.74) is 1.29. The molecule has 5 aliphatic rings. The minimum atomic E-state index is -0.191. The molecule has 5 rings (SSSR count). The summed E-state index contributed by atoms with van der Waals surface area (Å²) >= 11 is 0. The molecule has 0 aliphatic heterocycles. The van der Waals surface area contributed by atoms with Gasteiger partial charge in [-0.05, 0) is 93.3 Å². The molecule has 0 radical (unpaired) electrons. The minimum absolute atomic E-state index is 0.0109. The van der Waals surface area contributed by atoms with Crippen LogP contribution in [0.1, 0.15) is 91.4 Å². The first-order chi connectivity index (χ1) is 11.9. The lowest BCUT2D eigenvalue weighted by Gasteiger charge is -2.54. The van der Waals surface area contributed by atoms with Crippen LogP contribution in [0.3, 0.4) is 0 Å². The second kappa shape index (κ2) is 6.39. The quantitative estimate of drug-likeness (QED) is 0.363. The van der Waals surface area contributed by atoms with E-state index >= 15 is 0 Å². The van der Waals surface area contributed by atoms with Gasteiger partial charge in [-0.25, -0.2) is 4.79 Å². The molecule has 0 spiro atoms. The molecular formula is C22H35NO2. The van der Waals surface area contributed by atoms with E-state index in [-0.39, 0.29) is 11.4 Å². The summed E-state index contributed by atoms with van der Waals surface area (Å²) in [6.07, 6.45) is 13.0. The lowest BCUT2D eigenvalue weighted by Crippen LogP contribution is -2.50. The monoisotopic (exact) mass is 345 g/mol. The van der Waals surface area contributed by atoms with Gasteiger partial charge in [-0.1, -0.05) is 32.3 Å². The Morgan fingerprint density at radius 2 is 1.68 bits per heavy atom. The van der Waals surface area contributed by atoms with E-state index < -0.39 is 0 Å². The average molecular weight is 346 g/mol. The van der Waals surface area contributed by atoms with E-state index in [4.69, 9.17) is 4.84 Å². The third kappa shape index (κ3) is 3.28. The molecule has 0 heterocycles. The topological polar surface area (TPSA) is 38.7 Å². The summed E-state index contributed by atoms with van der Waals surface area (Å²) in [4.78, 5) is 18.6. The van der Waals surface area contributed by atoms with Crippen LogP contribution in [0.4, 0.5) is 0 Å². The summed E-state index contributed by atoms with van der Waals surface area (Å²) in [5, 5.41) is 4.40. The van der Waals surface area contributed by atoms with Gasteiger partial charge in [-0.15, -0.1) is 0 Å². The van der Waals surface area contributed by atoms with Crippen molar-refractivity contribution in [3.05, 3.63) is 0 Å². The highest BCUT2D eigenvalue weighted by atomic mass is 16.7. The number of nitrogens with zero attached hydrogens (tertiary/aromatic N) is 1. The molecule has 5 aliphatic carbocycles. The van der Waals surface area contributed by atoms with Gasteiger partial charge in [0.25, 0.3) is 0 Å². The van der Waals surface area contributed by atoms with Gasteiger partial charge in [0.15, 0.2) is 0 Å². The molecule has 0 N–H and O–H groups in total. The van der Waals surface area contributed by atoms with Gasteiger partial charge >= 0.3 is 5.97 Å². The Labute approximate surface area is 153 Å². The Kier molecular flexibility index (Phi) is 4.48. The van der Waals surface area contributed by atoms with Crippen molar-refractivity contribution >= 4 is 11.7 Å². The maximum atomic E-state index is 13.0. The van der Waals surface area contributed by atoms with Gasteiger partial charge in [-0.3, -0.25) is 0 Å². The molecule has 5 fully saturated rings. The van der Waals surface area contributed by atoms with E-state index in [1.54, 1.807) is 0 Å². The number of carbonyl (C=O) groups is 1. The molecule has 5 saturated carbocycles. The average Bonchev–Trinajstić information content (AvgIpc) is 2.88. The number of rotatable bonds is 5. The summed E-state index contributed by atoms with van der Waals surface area (Å²) in [6, 6.07) is 0. The second-order valence-corrected chi connectivity index (χ2v) is 10.4. The highest BCUT2D eigenvalue weighted by molar-refractivity contribution is 5.85. The summed E-state index contributed by atoms with van der Waals surface area (Å²) in [5.74, 6) is 2.99. The predicted octanol–water partition coefficient (Wildman–Crippen LogP) is 5.73. The molecule has 1 atom stereocenters. The molecule has 3 heteroatoms. The second-order valence-electron chi connectivity index (χ2n) is 10.4. The lowest BCUT2D eigenvalue weighted by molar-refractivity contribution is -0.171. The molecule has 0 aromatic rings. The molecule has 4 bridgehead atoms. The maximum Gasteiger partial charge on any atom is 0.341 e. The Morgan fingerprint density at radius 1 is 1.08 bits per heavy atom. The van der Waals surface area contributed by atoms with Crippen molar-refractivity contribution in [3.63, 3.8) is 0 Å². The van der Waals surface area contributed by atoms with Crippen molar-refractivity contribution in [2.45, 2.75) is 91.4 Å². The van der Waals surface area contributed by atoms with Gasteiger partial charge in [0.2, 0.25) is 0 Å². The highest BCUT2D eigenvalue weighted by Gasteiger charge is 2.55. The normalized spacial score (nSPS) is 42.0. The van der Waals surface area contributed by atoms with Crippen LogP contribution in [0.25, 0.3) is 0 Å². The smallest absolute Gasteiger partial charge is 0.318 e. The van der Waals surface area contributed by atoms with Crippen LogP contribution < -0.4 is 0 Å².